The fraction of sp³-hybridized carbons (Fsp3) is 0.368. The first-order chi connectivity index (χ1) is 10.1. The molecule has 0 spiro atoms. The Balaban J connectivity index is -0.000000173. The molecule has 0 saturated heterocycles. The zero-order valence-corrected chi connectivity index (χ0v) is 18.9. The van der Waals surface area contributed by atoms with E-state index in [1.54, 1.807) is 7.11 Å². The molecule has 0 amide bonds. The van der Waals surface area contributed by atoms with Gasteiger partial charge in [0.15, 0.2) is 0 Å². The van der Waals surface area contributed by atoms with Crippen LogP contribution in [0.2, 0.25) is 0 Å². The third kappa shape index (κ3) is 9.69. The van der Waals surface area contributed by atoms with Crippen molar-refractivity contribution in [3.8, 4) is 5.75 Å². The van der Waals surface area contributed by atoms with E-state index in [2.05, 4.69) is 57.2 Å². The second-order valence-electron chi connectivity index (χ2n) is 5.62. The largest absolute Gasteiger partial charge is 3.00 e. The van der Waals surface area contributed by atoms with Crippen LogP contribution in [0, 0.1) is 6.92 Å². The quantitative estimate of drug-likeness (QED) is 0.209. The molecular weight excluding hydrogens is 494 g/mol. The summed E-state index contributed by atoms with van der Waals surface area (Å²) in [6.45, 7) is 9.87. The van der Waals surface area contributed by atoms with Crippen molar-refractivity contribution in [3.63, 3.8) is 0 Å². The van der Waals surface area contributed by atoms with Gasteiger partial charge in [-0.1, -0.05) is 17.7 Å². The van der Waals surface area contributed by atoms with Gasteiger partial charge in [-0.3, -0.25) is 4.48 Å². The third-order valence-electron chi connectivity index (χ3n) is 4.44. The van der Waals surface area contributed by atoms with Crippen LogP contribution in [0.5, 0.6) is 5.75 Å². The van der Waals surface area contributed by atoms with Gasteiger partial charge in [-0.05, 0) is 57.2 Å². The minimum Gasteiger partial charge on any atom is -1.00 e. The van der Waals surface area contributed by atoms with Gasteiger partial charge in [-0.25, -0.2) is 0 Å². The molecule has 162 valence electrons. The van der Waals surface area contributed by atoms with Gasteiger partial charge in [0.25, 0.3) is 0 Å². The molecule has 0 aromatic heterocycles. The van der Waals surface area contributed by atoms with E-state index in [0.29, 0.717) is 0 Å². The molecule has 2 rings (SSSR count). The van der Waals surface area contributed by atoms with Crippen LogP contribution in [0.1, 0.15) is 25.0 Å². The van der Waals surface area contributed by atoms with E-state index in [1.807, 2.05) is 12.1 Å². The minimum atomic E-state index is 0. The van der Waals surface area contributed by atoms with Crippen LogP contribution < -0.4 is 37.4 Å². The molecule has 2 radical (unpaired) electrons. The fourth-order valence-corrected chi connectivity index (χ4v) is 2.85. The molecule has 2 aromatic rings. The summed E-state index contributed by atoms with van der Waals surface area (Å²) >= 11 is 0. The molecule has 0 heterocycles. The topological polar surface area (TPSA) is 9.23 Å². The van der Waals surface area contributed by atoms with E-state index in [4.69, 9.17) is 4.74 Å². The maximum atomic E-state index is 5.24. The first-order valence-corrected chi connectivity index (χ1v) is 7.70. The molecular formula is C19H26F6NOSb-2. The number of aryl methyl sites for hydroxylation is 1. The molecule has 0 fully saturated rings. The van der Waals surface area contributed by atoms with Crippen molar-refractivity contribution < 1.29 is 33.0 Å². The Bertz CT molecular complexity index is 580. The number of ether oxygens (including phenoxy) is 1. The molecule has 2 nitrogen and oxygen atoms in total. The summed E-state index contributed by atoms with van der Waals surface area (Å²) in [5.74, 6) is 0.917. The van der Waals surface area contributed by atoms with Crippen LogP contribution >= 0.6 is 0 Å². The van der Waals surface area contributed by atoms with Crippen molar-refractivity contribution in [2.24, 2.45) is 0 Å². The Labute approximate surface area is 180 Å². The molecule has 0 atom stereocenters. The van der Waals surface area contributed by atoms with Gasteiger partial charge in [0.05, 0.1) is 20.2 Å². The molecule has 9 heteroatoms. The third-order valence-corrected chi connectivity index (χ3v) is 4.44. The number of hydrogen-bond acceptors (Lipinski definition) is 1. The Morgan fingerprint density at radius 2 is 1.14 bits per heavy atom. The smallest absolute Gasteiger partial charge is 1.00 e. The first-order valence-electron chi connectivity index (χ1n) is 7.70. The van der Waals surface area contributed by atoms with Gasteiger partial charge in [0.2, 0.25) is 0 Å². The number of nitrogens with zero attached hydrogens (tertiary/aromatic N) is 1. The number of rotatable bonds is 6. The molecule has 0 aliphatic rings. The second kappa shape index (κ2) is 18.9. The van der Waals surface area contributed by atoms with Crippen LogP contribution in [-0.2, 0) is 6.54 Å². The Morgan fingerprint density at radius 3 is 1.50 bits per heavy atom. The molecule has 0 N–H and O–H groups in total. The Kier molecular flexibility index (Phi) is 27.8. The maximum absolute atomic E-state index is 5.24. The van der Waals surface area contributed by atoms with Crippen LogP contribution in [0.3, 0.4) is 0 Å². The van der Waals surface area contributed by atoms with Gasteiger partial charge in [-0.15, -0.1) is 0 Å². The van der Waals surface area contributed by atoms with Crippen LogP contribution in [0.4, 0.5) is 5.69 Å². The van der Waals surface area contributed by atoms with Crippen molar-refractivity contribution >= 4 is 30.1 Å². The maximum Gasteiger partial charge on any atom is 3.00 e. The monoisotopic (exact) mass is 519 g/mol. The zero-order valence-electron chi connectivity index (χ0n) is 16.3. The number of quaternary nitrogens is 1. The first kappa shape index (κ1) is 41.1. The predicted octanol–water partition coefficient (Wildman–Crippen LogP) is -13.8. The van der Waals surface area contributed by atoms with E-state index < -0.39 is 0 Å². The average molecular weight is 520 g/mol. The summed E-state index contributed by atoms with van der Waals surface area (Å²) in [6.07, 6.45) is 0. The van der Waals surface area contributed by atoms with Gasteiger partial charge in [0.1, 0.15) is 18.0 Å². The van der Waals surface area contributed by atoms with Crippen LogP contribution in [0.25, 0.3) is 0 Å². The van der Waals surface area contributed by atoms with Crippen LogP contribution in [-0.4, -0.2) is 44.6 Å². The molecule has 2 aromatic carbocycles. The predicted molar refractivity (Wildman–Crippen MR) is 96.5 cm³/mol. The van der Waals surface area contributed by atoms with Gasteiger partial charge < -0.3 is 33.0 Å². The van der Waals surface area contributed by atoms with Gasteiger partial charge >= 0.3 is 24.4 Å². The van der Waals surface area contributed by atoms with Crippen molar-refractivity contribution in [1.29, 1.82) is 0 Å². The van der Waals surface area contributed by atoms with E-state index in [-0.39, 0.29) is 52.7 Å². The standard InChI is InChI=1S/C19H26NO.6FH.Sb/c1-5-20(6-2,18-11-7-16(3)8-12-18)15-17-9-13-19(21-4)14-10-17;;;;;;;/h7-14H,5-6,15H2,1-4H3;6*1H;/q+1;;;;;;;+3/p-6. The SMILES string of the molecule is CC[N+](CC)(Cc1ccc(OC)cc1)c1ccc(C)cc1.[F-].[F-].[F-].[F-].[F-].[F-].[Sb+3]. The fourth-order valence-electron chi connectivity index (χ4n) is 2.85. The molecule has 0 aliphatic carbocycles. The number of benzene rings is 2. The van der Waals surface area contributed by atoms with Crippen molar-refractivity contribution in [3.05, 3.63) is 59.7 Å². The summed E-state index contributed by atoms with van der Waals surface area (Å²) < 4.78 is 6.22. The summed E-state index contributed by atoms with van der Waals surface area (Å²) in [6, 6.07) is 17.4. The number of methoxy groups -OCH3 is 1. The number of hydrogen-bond donors (Lipinski definition) is 0. The van der Waals surface area contributed by atoms with Gasteiger partial charge in [-0.2, -0.15) is 0 Å². The van der Waals surface area contributed by atoms with Crippen LogP contribution in [0.15, 0.2) is 48.5 Å². The van der Waals surface area contributed by atoms with E-state index in [9.17, 15) is 0 Å². The summed E-state index contributed by atoms with van der Waals surface area (Å²) in [4.78, 5) is 0. The molecule has 28 heavy (non-hydrogen) atoms. The van der Waals surface area contributed by atoms with E-state index >= 15 is 0 Å². The van der Waals surface area contributed by atoms with Gasteiger partial charge in [0, 0.05) is 5.56 Å². The van der Waals surface area contributed by atoms with Crippen molar-refractivity contribution in [2.45, 2.75) is 27.3 Å². The summed E-state index contributed by atoms with van der Waals surface area (Å²) in [5, 5.41) is 0. The molecule has 0 bridgehead atoms. The zero-order chi connectivity index (χ0) is 15.3. The van der Waals surface area contributed by atoms with E-state index in [0.717, 1.165) is 29.9 Å². The van der Waals surface area contributed by atoms with E-state index in [1.165, 1.54) is 16.8 Å². The normalized spacial score (nSPS) is 8.57. The van der Waals surface area contributed by atoms with Crippen molar-refractivity contribution in [1.82, 2.24) is 4.48 Å². The average Bonchev–Trinajstić information content (AvgIpc) is 2.54. The molecule has 0 saturated carbocycles. The summed E-state index contributed by atoms with van der Waals surface area (Å²) in [7, 11) is 1.71. The molecule has 0 aliphatic heterocycles. The van der Waals surface area contributed by atoms with Crippen molar-refractivity contribution in [2.75, 3.05) is 20.2 Å². The second-order valence-corrected chi connectivity index (χ2v) is 5.62. The minimum absolute atomic E-state index is 0. The number of halogens is 6. The Hall–Kier alpha value is -1.40. The Morgan fingerprint density at radius 1 is 0.714 bits per heavy atom. The molecule has 0 unspecified atom stereocenters. The summed E-state index contributed by atoms with van der Waals surface area (Å²) in [5.41, 5.74) is 4.05.